The number of carbonyl (C=O) groups excluding carboxylic acids is 3. The fourth-order valence-electron chi connectivity index (χ4n) is 6.93. The molecule has 0 aliphatic heterocycles. The van der Waals surface area contributed by atoms with E-state index in [1.54, 1.807) is 6.20 Å². The molecule has 1 aromatic rings. The Bertz CT molecular complexity index is 1240. The molecule has 1 amide bonds. The molecule has 2 N–H and O–H groups in total. The third kappa shape index (κ3) is 34.3. The Kier molecular flexibility index (Phi) is 33.6. The lowest BCUT2D eigenvalue weighted by Crippen LogP contribution is -2.45. The number of phosphoric ester groups is 1. The van der Waals surface area contributed by atoms with Gasteiger partial charge in [-0.1, -0.05) is 168 Å². The zero-order valence-corrected chi connectivity index (χ0v) is 39.6. The average Bonchev–Trinajstić information content (AvgIpc) is 3.72. The molecule has 0 spiro atoms. The van der Waals surface area contributed by atoms with E-state index >= 15 is 0 Å². The van der Waals surface area contributed by atoms with Gasteiger partial charge in [-0.15, -0.1) is 0 Å². The molecular weight excluding hydrogens is 783 g/mol. The Morgan fingerprint density at radius 1 is 0.700 bits per heavy atom. The summed E-state index contributed by atoms with van der Waals surface area (Å²) in [4.78, 5) is 59.0. The Balaban J connectivity index is 2.64. The largest absolute Gasteiger partial charge is 0.756 e. The SMILES string of the molecule is CCCCCCCCCCCCCCCCC(=O)NC(Cc1cnc[nH]1)C(=O)O[C@H](COC(=O)CCCCCCCCCCCCCC)COP(=O)([O-])OCC[N+](C)(C)C. The van der Waals surface area contributed by atoms with Crippen LogP contribution in [0.1, 0.15) is 199 Å². The van der Waals surface area contributed by atoms with Crippen LogP contribution in [0.5, 0.6) is 0 Å². The highest BCUT2D eigenvalue weighted by Gasteiger charge is 2.28. The molecule has 0 aromatic carbocycles. The molecule has 0 fully saturated rings. The van der Waals surface area contributed by atoms with E-state index in [1.165, 1.54) is 122 Å². The summed E-state index contributed by atoms with van der Waals surface area (Å²) in [6.07, 6.45) is 33.3. The number of imidazole rings is 1. The number of rotatable bonds is 42. The van der Waals surface area contributed by atoms with Crippen molar-refractivity contribution in [1.82, 2.24) is 15.3 Å². The van der Waals surface area contributed by atoms with E-state index in [0.717, 1.165) is 38.5 Å². The van der Waals surface area contributed by atoms with Gasteiger partial charge in [0.25, 0.3) is 7.82 Å². The normalized spacial score (nSPS) is 13.8. The summed E-state index contributed by atoms with van der Waals surface area (Å²) in [5.74, 6) is -1.56. The molecule has 1 aromatic heterocycles. The molecule has 0 radical (unpaired) electrons. The van der Waals surface area contributed by atoms with E-state index < -0.39 is 45.1 Å². The molecule has 3 atom stereocenters. The molecule has 0 saturated carbocycles. The number of hydrogen-bond donors (Lipinski definition) is 2. The number of aromatic nitrogens is 2. The van der Waals surface area contributed by atoms with Crippen LogP contribution in [0.4, 0.5) is 0 Å². The second-order valence-electron chi connectivity index (χ2n) is 17.7. The molecule has 14 heteroatoms. The number of likely N-dealkylation sites (N-methyl/N-ethyl adjacent to an activating group) is 1. The van der Waals surface area contributed by atoms with Gasteiger partial charge in [0.15, 0.2) is 6.10 Å². The van der Waals surface area contributed by atoms with Crippen molar-refractivity contribution in [2.45, 2.75) is 212 Å². The molecule has 1 heterocycles. The number of unbranched alkanes of at least 4 members (excludes halogenated alkanes) is 24. The van der Waals surface area contributed by atoms with Crippen molar-refractivity contribution in [2.24, 2.45) is 0 Å². The van der Waals surface area contributed by atoms with Crippen LogP contribution < -0.4 is 10.2 Å². The number of phosphoric acid groups is 1. The lowest BCUT2D eigenvalue weighted by atomic mass is 10.0. The summed E-state index contributed by atoms with van der Waals surface area (Å²) in [7, 11) is 0.939. The first-order valence-corrected chi connectivity index (χ1v) is 25.3. The summed E-state index contributed by atoms with van der Waals surface area (Å²) in [6, 6.07) is -1.09. The maximum Gasteiger partial charge on any atom is 0.329 e. The zero-order chi connectivity index (χ0) is 44.2. The van der Waals surface area contributed by atoms with Gasteiger partial charge in [0.1, 0.15) is 25.8 Å². The highest BCUT2D eigenvalue weighted by Crippen LogP contribution is 2.38. The molecule has 2 unspecified atom stereocenters. The van der Waals surface area contributed by atoms with Gasteiger partial charge in [0.05, 0.1) is 34.1 Å². The number of nitrogens with one attached hydrogen (secondary N) is 2. The number of esters is 2. The molecule has 0 aliphatic rings. The summed E-state index contributed by atoms with van der Waals surface area (Å²) in [5, 5.41) is 2.80. The number of ether oxygens (including phenoxy) is 2. The number of H-pyrrole nitrogens is 1. The lowest BCUT2D eigenvalue weighted by molar-refractivity contribution is -0.870. The van der Waals surface area contributed by atoms with Crippen LogP contribution in [0.15, 0.2) is 12.5 Å². The molecule has 0 saturated heterocycles. The fraction of sp³-hybridized carbons (Fsp3) is 0.870. The molecule has 13 nitrogen and oxygen atoms in total. The minimum Gasteiger partial charge on any atom is -0.756 e. The maximum atomic E-state index is 13.6. The summed E-state index contributed by atoms with van der Waals surface area (Å²) < 4.78 is 34.4. The molecule has 0 bridgehead atoms. The average molecular weight is 871 g/mol. The van der Waals surface area contributed by atoms with Crippen LogP contribution >= 0.6 is 7.82 Å². The monoisotopic (exact) mass is 871 g/mol. The van der Waals surface area contributed by atoms with Crippen LogP contribution in [0, 0.1) is 0 Å². The van der Waals surface area contributed by atoms with Crippen LogP contribution in [-0.4, -0.2) is 92.0 Å². The maximum absolute atomic E-state index is 13.6. The Labute approximate surface area is 364 Å². The van der Waals surface area contributed by atoms with E-state index in [9.17, 15) is 23.8 Å². The Hall–Kier alpha value is -2.31. The molecule has 350 valence electrons. The second kappa shape index (κ2) is 36.2. The van der Waals surface area contributed by atoms with E-state index in [4.69, 9.17) is 18.5 Å². The first-order valence-electron chi connectivity index (χ1n) is 23.9. The third-order valence-corrected chi connectivity index (χ3v) is 11.7. The lowest BCUT2D eigenvalue weighted by Gasteiger charge is -2.28. The quantitative estimate of drug-likeness (QED) is 0.0279. The van der Waals surface area contributed by atoms with Crippen molar-refractivity contribution < 1.29 is 46.8 Å². The molecule has 60 heavy (non-hydrogen) atoms. The van der Waals surface area contributed by atoms with Crippen LogP contribution in [0.25, 0.3) is 0 Å². The summed E-state index contributed by atoms with van der Waals surface area (Å²) in [5.41, 5.74) is 0.602. The van der Waals surface area contributed by atoms with Gasteiger partial charge in [-0.2, -0.15) is 0 Å². The van der Waals surface area contributed by atoms with Crippen molar-refractivity contribution >= 4 is 25.7 Å². The Morgan fingerprint density at radius 3 is 1.62 bits per heavy atom. The minimum atomic E-state index is -4.77. The number of aromatic amines is 1. The van der Waals surface area contributed by atoms with Crippen molar-refractivity contribution in [1.29, 1.82) is 0 Å². The predicted molar refractivity (Wildman–Crippen MR) is 238 cm³/mol. The Morgan fingerprint density at radius 2 is 1.17 bits per heavy atom. The molecule has 1 rings (SSSR count). The van der Waals surface area contributed by atoms with Crippen LogP contribution in [0.2, 0.25) is 0 Å². The van der Waals surface area contributed by atoms with E-state index in [0.29, 0.717) is 29.6 Å². The van der Waals surface area contributed by atoms with Crippen LogP contribution in [0.3, 0.4) is 0 Å². The molecule has 0 aliphatic carbocycles. The minimum absolute atomic E-state index is 0.0733. The van der Waals surface area contributed by atoms with Gasteiger partial charge in [-0.25, -0.2) is 9.78 Å². The summed E-state index contributed by atoms with van der Waals surface area (Å²) in [6.45, 7) is 3.77. The zero-order valence-electron chi connectivity index (χ0n) is 38.7. The summed E-state index contributed by atoms with van der Waals surface area (Å²) >= 11 is 0. The van der Waals surface area contributed by atoms with E-state index in [2.05, 4.69) is 29.1 Å². The van der Waals surface area contributed by atoms with Gasteiger partial charge in [0.2, 0.25) is 5.91 Å². The fourth-order valence-corrected chi connectivity index (χ4v) is 7.65. The smallest absolute Gasteiger partial charge is 0.329 e. The highest BCUT2D eigenvalue weighted by atomic mass is 31.2. The van der Waals surface area contributed by atoms with Gasteiger partial charge in [0, 0.05) is 31.2 Å². The number of quaternary nitrogens is 1. The number of carbonyl (C=O) groups is 3. The topological polar surface area (TPSA) is 169 Å². The number of nitrogens with zero attached hydrogens (tertiary/aromatic N) is 2. The van der Waals surface area contributed by atoms with Crippen molar-refractivity contribution in [2.75, 3.05) is 47.5 Å². The predicted octanol–water partition coefficient (Wildman–Crippen LogP) is 10.1. The number of hydrogen-bond acceptors (Lipinski definition) is 10. The number of amides is 1. The van der Waals surface area contributed by atoms with Crippen LogP contribution in [-0.2, 0) is 43.9 Å². The highest BCUT2D eigenvalue weighted by molar-refractivity contribution is 7.45. The second-order valence-corrected chi connectivity index (χ2v) is 19.1. The molecular formula is C46H87N4O9P. The van der Waals surface area contributed by atoms with Gasteiger partial charge in [-0.05, 0) is 12.8 Å². The van der Waals surface area contributed by atoms with E-state index in [-0.39, 0.29) is 31.8 Å². The van der Waals surface area contributed by atoms with Gasteiger partial charge >= 0.3 is 11.9 Å². The van der Waals surface area contributed by atoms with Gasteiger partial charge < -0.3 is 38.2 Å². The van der Waals surface area contributed by atoms with Crippen molar-refractivity contribution in [3.63, 3.8) is 0 Å². The standard InChI is InChI=1S/C46H87N4O9P/c1-6-8-10-12-14-16-18-20-21-22-24-26-28-30-32-44(51)49-43(36-41-37-47-40-48-41)46(53)59-42(39-58-60(54,55)57-35-34-50(3,4)5)38-56-45(52)33-31-29-27-25-23-19-17-15-13-11-9-7-2/h37,40,42-43H,6-36,38-39H2,1-5H3,(H2-,47,48,49,51,54,55)/t42-,43?/m1/s1. The van der Waals surface area contributed by atoms with Crippen molar-refractivity contribution in [3.05, 3.63) is 18.2 Å². The first kappa shape index (κ1) is 55.7. The first-order chi connectivity index (χ1) is 28.8. The van der Waals surface area contributed by atoms with E-state index in [1.807, 2.05) is 21.1 Å². The van der Waals surface area contributed by atoms with Gasteiger partial charge in [-0.3, -0.25) is 14.2 Å². The van der Waals surface area contributed by atoms with Crippen molar-refractivity contribution in [3.8, 4) is 0 Å². The third-order valence-electron chi connectivity index (χ3n) is 10.7.